The molecular formula is C10H20N2O4. The fraction of sp³-hybridized carbons (Fsp3) is 0.800. The highest BCUT2D eigenvalue weighted by atomic mass is 16.4. The molecule has 3 N–H and O–H groups in total. The number of aliphatic carboxylic acids is 1. The van der Waals surface area contributed by atoms with Gasteiger partial charge in [-0.3, -0.25) is 15.0 Å². The molecule has 94 valence electrons. The van der Waals surface area contributed by atoms with Crippen molar-refractivity contribution < 1.29 is 19.8 Å². The normalized spacial score (nSPS) is 15.9. The van der Waals surface area contributed by atoms with Crippen LogP contribution in [0, 0.1) is 0 Å². The molecule has 0 aromatic rings. The number of hydrogen-bond acceptors (Lipinski definition) is 5. The number of nitrogens with one attached hydrogen (secondary N) is 1. The highest BCUT2D eigenvalue weighted by Crippen LogP contribution is 2.08. The van der Waals surface area contributed by atoms with E-state index >= 15 is 0 Å². The van der Waals surface area contributed by atoms with Gasteiger partial charge in [0.25, 0.3) is 0 Å². The largest absolute Gasteiger partial charge is 0.480 e. The quantitative estimate of drug-likeness (QED) is 0.396. The van der Waals surface area contributed by atoms with Crippen LogP contribution in [0.3, 0.4) is 0 Å². The average molecular weight is 232 g/mol. The smallest absolute Gasteiger partial charge is 0.320 e. The minimum atomic E-state index is -1.03. The van der Waals surface area contributed by atoms with E-state index in [1.165, 1.54) is 6.92 Å². The van der Waals surface area contributed by atoms with Gasteiger partial charge in [0.05, 0.1) is 5.54 Å². The number of likely N-dealkylation sites (N-methyl/N-ethyl adjacent to an activating group) is 1. The molecule has 16 heavy (non-hydrogen) atoms. The Kier molecular flexibility index (Phi) is 5.57. The molecule has 0 aromatic heterocycles. The van der Waals surface area contributed by atoms with Gasteiger partial charge in [-0.05, 0) is 27.8 Å². The maximum atomic E-state index is 10.7. The minimum Gasteiger partial charge on any atom is -0.480 e. The predicted octanol–water partition coefficient (Wildman–Crippen LogP) is -0.723. The Bertz CT molecular complexity index is 255. The third-order valence-corrected chi connectivity index (χ3v) is 2.53. The predicted molar refractivity (Wildman–Crippen MR) is 59.0 cm³/mol. The molecule has 0 amide bonds. The zero-order chi connectivity index (χ0) is 12.9. The Morgan fingerprint density at radius 2 is 2.06 bits per heavy atom. The highest BCUT2D eigenvalue weighted by molar-refractivity contribution is 5.72. The number of β-amino-alcohol motifs (C(OH)–C–C–N with tert-alkyl or cyclic N) is 1. The van der Waals surface area contributed by atoms with Gasteiger partial charge in [0.15, 0.2) is 0 Å². The zero-order valence-corrected chi connectivity index (χ0v) is 10.1. The van der Waals surface area contributed by atoms with E-state index < -0.39 is 23.8 Å². The Labute approximate surface area is 95.2 Å². The third-order valence-electron chi connectivity index (χ3n) is 2.53. The maximum Gasteiger partial charge on any atom is 0.320 e. The molecule has 0 saturated carbocycles. The fourth-order valence-electron chi connectivity index (χ4n) is 0.997. The molecule has 0 fully saturated rings. The second-order valence-electron chi connectivity index (χ2n) is 4.39. The minimum absolute atomic E-state index is 0.170. The molecule has 0 aliphatic rings. The Morgan fingerprint density at radius 1 is 1.56 bits per heavy atom. The third kappa shape index (κ3) is 4.69. The van der Waals surface area contributed by atoms with E-state index in [-0.39, 0.29) is 6.54 Å². The number of carboxylic acid groups (broad SMARTS) is 1. The molecule has 0 bridgehead atoms. The van der Waals surface area contributed by atoms with E-state index in [1.54, 1.807) is 25.8 Å². The van der Waals surface area contributed by atoms with Crippen LogP contribution in [0.2, 0.25) is 0 Å². The van der Waals surface area contributed by atoms with Crippen molar-refractivity contribution in [3.05, 3.63) is 0 Å². The Balaban J connectivity index is 4.20. The molecule has 0 aliphatic carbocycles. The summed E-state index contributed by atoms with van der Waals surface area (Å²) in [5, 5.41) is 20.7. The van der Waals surface area contributed by atoms with E-state index in [2.05, 4.69) is 5.32 Å². The van der Waals surface area contributed by atoms with E-state index in [4.69, 9.17) is 5.11 Å². The van der Waals surface area contributed by atoms with E-state index in [0.717, 1.165) is 6.29 Å². The lowest BCUT2D eigenvalue weighted by atomic mass is 10.1. The lowest BCUT2D eigenvalue weighted by Gasteiger charge is -2.32. The van der Waals surface area contributed by atoms with Crippen molar-refractivity contribution in [1.82, 2.24) is 10.2 Å². The second kappa shape index (κ2) is 5.93. The first-order valence-electron chi connectivity index (χ1n) is 5.05. The summed E-state index contributed by atoms with van der Waals surface area (Å²) in [4.78, 5) is 22.9. The Morgan fingerprint density at radius 3 is 2.44 bits per heavy atom. The number of carboxylic acids is 1. The van der Waals surface area contributed by atoms with Crippen LogP contribution in [0.15, 0.2) is 0 Å². The summed E-state index contributed by atoms with van der Waals surface area (Å²) in [5.74, 6) is -1.03. The Hall–Kier alpha value is -0.980. The van der Waals surface area contributed by atoms with Gasteiger partial charge in [-0.25, -0.2) is 0 Å². The molecule has 0 aromatic carbocycles. The van der Waals surface area contributed by atoms with E-state index in [9.17, 15) is 14.7 Å². The van der Waals surface area contributed by atoms with Gasteiger partial charge in [-0.1, -0.05) is 0 Å². The summed E-state index contributed by atoms with van der Waals surface area (Å²) in [5.41, 5.74) is -0.685. The number of rotatable bonds is 7. The van der Waals surface area contributed by atoms with Gasteiger partial charge < -0.3 is 15.0 Å². The molecule has 2 atom stereocenters. The van der Waals surface area contributed by atoms with Crippen LogP contribution in [0.4, 0.5) is 0 Å². The molecule has 0 rings (SSSR count). The topological polar surface area (TPSA) is 89.9 Å². The molecule has 0 aliphatic heterocycles. The molecule has 0 spiro atoms. The van der Waals surface area contributed by atoms with Crippen molar-refractivity contribution in [3.8, 4) is 0 Å². The monoisotopic (exact) mass is 232 g/mol. The van der Waals surface area contributed by atoms with Crippen molar-refractivity contribution in [2.24, 2.45) is 0 Å². The van der Waals surface area contributed by atoms with Crippen LogP contribution in [-0.4, -0.2) is 58.8 Å². The van der Waals surface area contributed by atoms with Crippen molar-refractivity contribution in [1.29, 1.82) is 0 Å². The lowest BCUT2D eigenvalue weighted by molar-refractivity contribution is -0.140. The lowest BCUT2D eigenvalue weighted by Crippen LogP contribution is -2.52. The molecule has 0 saturated heterocycles. The summed E-state index contributed by atoms with van der Waals surface area (Å²) < 4.78 is 0. The highest BCUT2D eigenvalue weighted by Gasteiger charge is 2.25. The number of aldehydes is 1. The van der Waals surface area contributed by atoms with Gasteiger partial charge in [0.1, 0.15) is 18.6 Å². The number of hydrogen-bond donors (Lipinski definition) is 3. The van der Waals surface area contributed by atoms with Crippen molar-refractivity contribution in [2.45, 2.75) is 38.6 Å². The first kappa shape index (κ1) is 15.0. The molecule has 6 heteroatoms. The van der Waals surface area contributed by atoms with E-state index in [0.29, 0.717) is 0 Å². The van der Waals surface area contributed by atoms with Crippen LogP contribution in [0.5, 0.6) is 0 Å². The molecule has 0 radical (unpaired) electrons. The number of carbonyl (C=O) groups is 2. The van der Waals surface area contributed by atoms with Gasteiger partial charge in [-0.2, -0.15) is 0 Å². The van der Waals surface area contributed by atoms with Crippen LogP contribution >= 0.6 is 0 Å². The first-order chi connectivity index (χ1) is 7.20. The number of carbonyl (C=O) groups excluding carboxylic acids is 1. The second-order valence-corrected chi connectivity index (χ2v) is 4.39. The summed E-state index contributed by atoms with van der Waals surface area (Å²) in [7, 11) is 1.69. The summed E-state index contributed by atoms with van der Waals surface area (Å²) in [6, 6.07) is -0.831. The molecule has 0 heterocycles. The van der Waals surface area contributed by atoms with E-state index in [1.807, 2.05) is 0 Å². The van der Waals surface area contributed by atoms with Crippen LogP contribution < -0.4 is 5.32 Å². The standard InChI is InChI=1S/C10H20N2O4/c1-7(9(15)16)11-8(14)5-12(4)10(2,3)6-13/h6-8,11,14H,5H2,1-4H3,(H,15,16). The van der Waals surface area contributed by atoms with Gasteiger partial charge >= 0.3 is 5.97 Å². The van der Waals surface area contributed by atoms with Crippen LogP contribution in [-0.2, 0) is 9.59 Å². The van der Waals surface area contributed by atoms with Crippen LogP contribution in [0.1, 0.15) is 20.8 Å². The molecular weight excluding hydrogens is 212 g/mol. The first-order valence-corrected chi connectivity index (χ1v) is 5.05. The van der Waals surface area contributed by atoms with Crippen molar-refractivity contribution >= 4 is 12.3 Å². The number of aliphatic hydroxyl groups is 1. The van der Waals surface area contributed by atoms with Crippen molar-refractivity contribution in [2.75, 3.05) is 13.6 Å². The van der Waals surface area contributed by atoms with Gasteiger partial charge in [0, 0.05) is 6.54 Å². The molecule has 2 unspecified atom stereocenters. The number of nitrogens with zero attached hydrogens (tertiary/aromatic N) is 1. The van der Waals surface area contributed by atoms with Crippen molar-refractivity contribution in [3.63, 3.8) is 0 Å². The summed E-state index contributed by atoms with van der Waals surface area (Å²) in [6.07, 6.45) is -0.212. The maximum absolute atomic E-state index is 10.7. The van der Waals surface area contributed by atoms with Gasteiger partial charge in [-0.15, -0.1) is 0 Å². The molecule has 6 nitrogen and oxygen atoms in total. The number of aliphatic hydroxyl groups excluding tert-OH is 1. The summed E-state index contributed by atoms with van der Waals surface area (Å²) >= 11 is 0. The summed E-state index contributed by atoms with van der Waals surface area (Å²) in [6.45, 7) is 5.04. The SMILES string of the molecule is CC(NC(O)CN(C)C(C)(C)C=O)C(=O)O. The fourth-order valence-corrected chi connectivity index (χ4v) is 0.997. The van der Waals surface area contributed by atoms with Gasteiger partial charge in [0.2, 0.25) is 0 Å². The average Bonchev–Trinajstić information content (AvgIpc) is 2.17. The van der Waals surface area contributed by atoms with Crippen LogP contribution in [0.25, 0.3) is 0 Å². The zero-order valence-electron chi connectivity index (χ0n) is 10.1.